The van der Waals surface area contributed by atoms with Crippen molar-refractivity contribution in [1.29, 1.82) is 0 Å². The van der Waals surface area contributed by atoms with Crippen molar-refractivity contribution in [3.63, 3.8) is 0 Å². The molecule has 0 bridgehead atoms. The minimum absolute atomic E-state index is 0.0770. The zero-order valence-corrected chi connectivity index (χ0v) is 16.9. The number of carbonyl (C=O) groups is 1. The van der Waals surface area contributed by atoms with Gasteiger partial charge in [0.15, 0.2) is 5.76 Å². The normalized spacial score (nSPS) is 14.5. The van der Waals surface area contributed by atoms with Crippen molar-refractivity contribution in [2.24, 2.45) is 0 Å². The highest BCUT2D eigenvalue weighted by Crippen LogP contribution is 2.18. The third-order valence-electron chi connectivity index (χ3n) is 5.16. The van der Waals surface area contributed by atoms with Crippen molar-refractivity contribution in [2.75, 3.05) is 39.3 Å². The summed E-state index contributed by atoms with van der Waals surface area (Å²) >= 11 is 0. The molecule has 2 aromatic carbocycles. The molecule has 1 aliphatic rings. The monoisotopic (exact) mass is 406 g/mol. The van der Waals surface area contributed by atoms with Crippen LogP contribution in [0.5, 0.6) is 11.5 Å². The molecule has 3 aromatic rings. The Morgan fingerprint density at radius 2 is 1.47 bits per heavy atom. The van der Waals surface area contributed by atoms with E-state index in [-0.39, 0.29) is 5.91 Å². The lowest BCUT2D eigenvalue weighted by Gasteiger charge is -2.34. The molecule has 0 N–H and O–H groups in total. The molecule has 0 radical (unpaired) electrons. The van der Waals surface area contributed by atoms with Gasteiger partial charge in [0.05, 0.1) is 6.26 Å². The molecule has 6 nitrogen and oxygen atoms in total. The molecule has 1 amide bonds. The van der Waals surface area contributed by atoms with Gasteiger partial charge >= 0.3 is 0 Å². The fraction of sp³-hybridized carbons (Fsp3) is 0.292. The Morgan fingerprint density at radius 1 is 0.833 bits per heavy atom. The average molecular weight is 406 g/mol. The standard InChI is InChI=1S/C24H26N2O4/c27-24(23-20(11-17-29-23)19-30-22-9-5-2-6-10-22)26-14-12-25(13-15-26)16-18-28-21-7-3-1-4-8-21/h1-11,17H,12-16,18-19H2. The van der Waals surface area contributed by atoms with Crippen molar-refractivity contribution < 1.29 is 18.7 Å². The quantitative estimate of drug-likeness (QED) is 0.571. The third-order valence-corrected chi connectivity index (χ3v) is 5.16. The van der Waals surface area contributed by atoms with Crippen molar-refractivity contribution in [3.8, 4) is 11.5 Å². The minimum Gasteiger partial charge on any atom is -0.492 e. The summed E-state index contributed by atoms with van der Waals surface area (Å²) in [7, 11) is 0. The Labute approximate surface area is 176 Å². The van der Waals surface area contributed by atoms with Gasteiger partial charge in [0.25, 0.3) is 5.91 Å². The predicted molar refractivity (Wildman–Crippen MR) is 114 cm³/mol. The van der Waals surface area contributed by atoms with Crippen LogP contribution in [0.2, 0.25) is 0 Å². The van der Waals surface area contributed by atoms with Gasteiger partial charge in [-0.3, -0.25) is 9.69 Å². The zero-order chi connectivity index (χ0) is 20.6. The van der Waals surface area contributed by atoms with E-state index in [2.05, 4.69) is 4.90 Å². The molecule has 30 heavy (non-hydrogen) atoms. The fourth-order valence-electron chi connectivity index (χ4n) is 3.44. The van der Waals surface area contributed by atoms with Crippen LogP contribution in [0.25, 0.3) is 0 Å². The van der Waals surface area contributed by atoms with Gasteiger partial charge in [-0.15, -0.1) is 0 Å². The van der Waals surface area contributed by atoms with Gasteiger partial charge in [0, 0.05) is 38.3 Å². The first-order valence-corrected chi connectivity index (χ1v) is 10.2. The molecule has 6 heteroatoms. The molecule has 0 aliphatic carbocycles. The number of rotatable bonds is 8. The molecule has 0 spiro atoms. The molecular weight excluding hydrogens is 380 g/mol. The van der Waals surface area contributed by atoms with E-state index in [4.69, 9.17) is 13.9 Å². The highest BCUT2D eigenvalue weighted by Gasteiger charge is 2.26. The molecule has 1 aliphatic heterocycles. The molecular formula is C24H26N2O4. The predicted octanol–water partition coefficient (Wildman–Crippen LogP) is 3.70. The van der Waals surface area contributed by atoms with Crippen molar-refractivity contribution >= 4 is 5.91 Å². The Kier molecular flexibility index (Phi) is 6.67. The van der Waals surface area contributed by atoms with E-state index in [1.165, 1.54) is 0 Å². The minimum atomic E-state index is -0.0770. The summed E-state index contributed by atoms with van der Waals surface area (Å²) < 4.78 is 17.0. The van der Waals surface area contributed by atoms with E-state index in [1.54, 1.807) is 12.3 Å². The van der Waals surface area contributed by atoms with Crippen LogP contribution < -0.4 is 9.47 Å². The van der Waals surface area contributed by atoms with E-state index >= 15 is 0 Å². The maximum absolute atomic E-state index is 12.9. The number of ether oxygens (including phenoxy) is 2. The smallest absolute Gasteiger partial charge is 0.290 e. The molecule has 156 valence electrons. The van der Waals surface area contributed by atoms with Gasteiger partial charge in [-0.05, 0) is 30.3 Å². The average Bonchev–Trinajstić information content (AvgIpc) is 3.28. The van der Waals surface area contributed by atoms with Gasteiger partial charge in [0.1, 0.15) is 24.7 Å². The van der Waals surface area contributed by atoms with Gasteiger partial charge in [-0.1, -0.05) is 36.4 Å². The van der Waals surface area contributed by atoms with Crippen LogP contribution in [0.15, 0.2) is 77.4 Å². The van der Waals surface area contributed by atoms with E-state index < -0.39 is 0 Å². The number of carbonyl (C=O) groups excluding carboxylic acids is 1. The Hall–Kier alpha value is -3.25. The second-order valence-corrected chi connectivity index (χ2v) is 7.17. The summed E-state index contributed by atoms with van der Waals surface area (Å²) in [6.45, 7) is 4.76. The Bertz CT molecular complexity index is 919. The highest BCUT2D eigenvalue weighted by atomic mass is 16.5. The number of benzene rings is 2. The van der Waals surface area contributed by atoms with E-state index in [1.807, 2.05) is 65.6 Å². The van der Waals surface area contributed by atoms with E-state index in [0.29, 0.717) is 32.1 Å². The topological polar surface area (TPSA) is 55.2 Å². The zero-order valence-electron chi connectivity index (χ0n) is 16.9. The summed E-state index contributed by atoms with van der Waals surface area (Å²) in [5, 5.41) is 0. The Morgan fingerprint density at radius 3 is 2.13 bits per heavy atom. The van der Waals surface area contributed by atoms with Gasteiger partial charge in [0.2, 0.25) is 0 Å². The van der Waals surface area contributed by atoms with E-state index in [0.717, 1.165) is 36.7 Å². The molecule has 0 atom stereocenters. The fourth-order valence-corrected chi connectivity index (χ4v) is 3.44. The third kappa shape index (κ3) is 5.21. The molecule has 1 saturated heterocycles. The maximum atomic E-state index is 12.9. The molecule has 0 unspecified atom stereocenters. The SMILES string of the molecule is O=C(c1occc1COc1ccccc1)N1CCN(CCOc2ccccc2)CC1. The number of hydrogen-bond donors (Lipinski definition) is 0. The summed E-state index contributed by atoms with van der Waals surface area (Å²) in [4.78, 5) is 17.1. The molecule has 0 saturated carbocycles. The van der Waals surface area contributed by atoms with Crippen LogP contribution in [0, 0.1) is 0 Å². The van der Waals surface area contributed by atoms with Crippen molar-refractivity contribution in [2.45, 2.75) is 6.61 Å². The molecule has 1 fully saturated rings. The summed E-state index contributed by atoms with van der Waals surface area (Å²) in [5.74, 6) is 1.94. The number of hydrogen-bond acceptors (Lipinski definition) is 5. The van der Waals surface area contributed by atoms with Crippen LogP contribution in [-0.2, 0) is 6.61 Å². The first-order chi connectivity index (χ1) is 14.8. The summed E-state index contributed by atoms with van der Waals surface area (Å²) in [6, 6.07) is 21.2. The largest absolute Gasteiger partial charge is 0.492 e. The number of amides is 1. The summed E-state index contributed by atoms with van der Waals surface area (Å²) in [6.07, 6.45) is 1.55. The lowest BCUT2D eigenvalue weighted by Crippen LogP contribution is -2.49. The first kappa shape index (κ1) is 20.0. The van der Waals surface area contributed by atoms with Crippen LogP contribution in [0.1, 0.15) is 16.1 Å². The highest BCUT2D eigenvalue weighted by molar-refractivity contribution is 5.93. The first-order valence-electron chi connectivity index (χ1n) is 10.2. The van der Waals surface area contributed by atoms with Crippen LogP contribution >= 0.6 is 0 Å². The number of nitrogens with zero attached hydrogens (tertiary/aromatic N) is 2. The van der Waals surface area contributed by atoms with Gasteiger partial charge in [-0.2, -0.15) is 0 Å². The van der Waals surface area contributed by atoms with Crippen molar-refractivity contribution in [3.05, 3.63) is 84.3 Å². The van der Waals surface area contributed by atoms with Crippen LogP contribution in [-0.4, -0.2) is 55.0 Å². The molecule has 1 aromatic heterocycles. The van der Waals surface area contributed by atoms with Crippen molar-refractivity contribution in [1.82, 2.24) is 9.80 Å². The lowest BCUT2D eigenvalue weighted by atomic mass is 10.2. The van der Waals surface area contributed by atoms with E-state index in [9.17, 15) is 4.79 Å². The summed E-state index contributed by atoms with van der Waals surface area (Å²) in [5.41, 5.74) is 0.766. The maximum Gasteiger partial charge on any atom is 0.290 e. The van der Waals surface area contributed by atoms with Crippen LogP contribution in [0.4, 0.5) is 0 Å². The number of para-hydroxylation sites is 2. The van der Waals surface area contributed by atoms with Crippen LogP contribution in [0.3, 0.4) is 0 Å². The number of furan rings is 1. The Balaban J connectivity index is 1.24. The molecule has 4 rings (SSSR count). The van der Waals surface area contributed by atoms with Gasteiger partial charge in [-0.25, -0.2) is 0 Å². The lowest BCUT2D eigenvalue weighted by molar-refractivity contribution is 0.0587. The second-order valence-electron chi connectivity index (χ2n) is 7.17. The number of piperazine rings is 1. The second kappa shape index (κ2) is 9.98. The van der Waals surface area contributed by atoms with Gasteiger partial charge < -0.3 is 18.8 Å². The molecule has 2 heterocycles.